The van der Waals surface area contributed by atoms with Gasteiger partial charge in [0.05, 0.1) is 0 Å². The van der Waals surface area contributed by atoms with Crippen molar-refractivity contribution in [1.82, 2.24) is 4.90 Å². The summed E-state index contributed by atoms with van der Waals surface area (Å²) in [5, 5.41) is 0. The van der Waals surface area contributed by atoms with Crippen LogP contribution in [0.2, 0.25) is 0 Å². The lowest BCUT2D eigenvalue weighted by molar-refractivity contribution is 0.169. The molecule has 2 N–H and O–H groups in total. The molecule has 0 amide bonds. The molecule has 0 aromatic carbocycles. The van der Waals surface area contributed by atoms with Gasteiger partial charge in [0.1, 0.15) is 0 Å². The van der Waals surface area contributed by atoms with E-state index in [1.807, 2.05) is 0 Å². The first-order chi connectivity index (χ1) is 5.60. The molecule has 0 aliphatic rings. The van der Waals surface area contributed by atoms with Gasteiger partial charge in [0.15, 0.2) is 0 Å². The molecule has 0 saturated carbocycles. The molecule has 0 aromatic heterocycles. The molecule has 0 heterocycles. The quantitative estimate of drug-likeness (QED) is 0.661. The van der Waals surface area contributed by atoms with Gasteiger partial charge in [0.25, 0.3) is 0 Å². The summed E-state index contributed by atoms with van der Waals surface area (Å²) in [4.78, 5) is 2.27. The largest absolute Gasteiger partial charge is 0.330 e. The minimum atomic E-state index is 0.457. The third kappa shape index (κ3) is 3.55. The monoisotopic (exact) mass is 172 g/mol. The van der Waals surface area contributed by atoms with Gasteiger partial charge >= 0.3 is 0 Å². The standard InChI is InChI=1S/C10H24N2/c1-5-10(6-2,7-8-11)9-12(3)4/h5-9,11H2,1-4H3. The van der Waals surface area contributed by atoms with Gasteiger partial charge in [-0.1, -0.05) is 13.8 Å². The molecule has 2 heteroatoms. The van der Waals surface area contributed by atoms with E-state index in [4.69, 9.17) is 5.73 Å². The van der Waals surface area contributed by atoms with Crippen molar-refractivity contribution in [3.63, 3.8) is 0 Å². The van der Waals surface area contributed by atoms with Crippen LogP contribution in [0.3, 0.4) is 0 Å². The predicted octanol–water partition coefficient (Wildman–Crippen LogP) is 1.70. The Labute approximate surface area is 77.1 Å². The average molecular weight is 172 g/mol. The van der Waals surface area contributed by atoms with E-state index in [1.165, 1.54) is 12.8 Å². The van der Waals surface area contributed by atoms with Gasteiger partial charge in [-0.15, -0.1) is 0 Å². The fourth-order valence-corrected chi connectivity index (χ4v) is 1.88. The Bertz CT molecular complexity index is 106. The summed E-state index contributed by atoms with van der Waals surface area (Å²) < 4.78 is 0. The summed E-state index contributed by atoms with van der Waals surface area (Å²) in [5.74, 6) is 0. The molecule has 0 bridgehead atoms. The lowest BCUT2D eigenvalue weighted by Gasteiger charge is -2.34. The van der Waals surface area contributed by atoms with Gasteiger partial charge in [0, 0.05) is 6.54 Å². The summed E-state index contributed by atoms with van der Waals surface area (Å²) in [5.41, 5.74) is 6.08. The fourth-order valence-electron chi connectivity index (χ4n) is 1.88. The van der Waals surface area contributed by atoms with Crippen molar-refractivity contribution in [1.29, 1.82) is 0 Å². The zero-order valence-corrected chi connectivity index (χ0v) is 9.06. The molecule has 0 spiro atoms. The van der Waals surface area contributed by atoms with Crippen molar-refractivity contribution >= 4 is 0 Å². The minimum absolute atomic E-state index is 0.457. The van der Waals surface area contributed by atoms with Crippen LogP contribution in [0.1, 0.15) is 33.1 Å². The van der Waals surface area contributed by atoms with E-state index in [-0.39, 0.29) is 0 Å². The molecule has 2 nitrogen and oxygen atoms in total. The minimum Gasteiger partial charge on any atom is -0.330 e. The topological polar surface area (TPSA) is 29.3 Å². The van der Waals surface area contributed by atoms with Gasteiger partial charge in [-0.2, -0.15) is 0 Å². The molecule has 0 aliphatic carbocycles. The molecule has 0 rings (SSSR count). The first-order valence-electron chi connectivity index (χ1n) is 4.95. The first-order valence-corrected chi connectivity index (χ1v) is 4.95. The molecular weight excluding hydrogens is 148 g/mol. The summed E-state index contributed by atoms with van der Waals surface area (Å²) in [6.45, 7) is 6.51. The van der Waals surface area contributed by atoms with Crippen LogP contribution in [-0.2, 0) is 0 Å². The third-order valence-corrected chi connectivity index (χ3v) is 2.83. The predicted molar refractivity (Wildman–Crippen MR) is 55.2 cm³/mol. The average Bonchev–Trinajstić information content (AvgIpc) is 2.03. The van der Waals surface area contributed by atoms with Crippen LogP contribution in [0, 0.1) is 5.41 Å². The van der Waals surface area contributed by atoms with Crippen LogP contribution < -0.4 is 5.73 Å². The van der Waals surface area contributed by atoms with Crippen LogP contribution in [0.5, 0.6) is 0 Å². The van der Waals surface area contributed by atoms with E-state index in [2.05, 4.69) is 32.8 Å². The zero-order chi connectivity index (χ0) is 9.61. The third-order valence-electron chi connectivity index (χ3n) is 2.83. The van der Waals surface area contributed by atoms with Gasteiger partial charge in [-0.05, 0) is 45.3 Å². The highest BCUT2D eigenvalue weighted by atomic mass is 15.1. The molecule has 0 aliphatic heterocycles. The van der Waals surface area contributed by atoms with E-state index >= 15 is 0 Å². The maximum Gasteiger partial charge on any atom is 0.00321 e. The van der Waals surface area contributed by atoms with Crippen molar-refractivity contribution in [3.8, 4) is 0 Å². The molecular formula is C10H24N2. The summed E-state index contributed by atoms with van der Waals surface area (Å²) in [7, 11) is 4.27. The number of hydrogen-bond acceptors (Lipinski definition) is 2. The summed E-state index contributed by atoms with van der Waals surface area (Å²) >= 11 is 0. The van der Waals surface area contributed by atoms with Gasteiger partial charge in [-0.3, -0.25) is 0 Å². The van der Waals surface area contributed by atoms with E-state index < -0.39 is 0 Å². The van der Waals surface area contributed by atoms with E-state index in [1.54, 1.807) is 0 Å². The van der Waals surface area contributed by atoms with Crippen LogP contribution in [0.15, 0.2) is 0 Å². The second kappa shape index (κ2) is 5.55. The van der Waals surface area contributed by atoms with Crippen molar-refractivity contribution in [2.45, 2.75) is 33.1 Å². The number of hydrogen-bond donors (Lipinski definition) is 1. The fraction of sp³-hybridized carbons (Fsp3) is 1.00. The molecule has 0 radical (unpaired) electrons. The molecule has 0 saturated heterocycles. The lowest BCUT2D eigenvalue weighted by atomic mass is 9.79. The first kappa shape index (κ1) is 11.9. The Hall–Kier alpha value is -0.0800. The van der Waals surface area contributed by atoms with Crippen LogP contribution in [0.25, 0.3) is 0 Å². The number of nitrogens with two attached hydrogens (primary N) is 1. The number of rotatable bonds is 6. The Morgan fingerprint density at radius 1 is 1.17 bits per heavy atom. The highest BCUT2D eigenvalue weighted by Gasteiger charge is 2.25. The smallest absolute Gasteiger partial charge is 0.00321 e. The second-order valence-corrected chi connectivity index (χ2v) is 3.98. The second-order valence-electron chi connectivity index (χ2n) is 3.98. The number of nitrogens with zero attached hydrogens (tertiary/aromatic N) is 1. The Kier molecular flexibility index (Phi) is 5.51. The Balaban J connectivity index is 4.13. The Morgan fingerprint density at radius 2 is 1.67 bits per heavy atom. The molecule has 0 aromatic rings. The normalized spacial score (nSPS) is 12.5. The maximum atomic E-state index is 5.62. The molecule has 74 valence electrons. The van der Waals surface area contributed by atoms with Crippen LogP contribution in [-0.4, -0.2) is 32.1 Å². The van der Waals surface area contributed by atoms with E-state index in [9.17, 15) is 0 Å². The van der Waals surface area contributed by atoms with Crippen molar-refractivity contribution in [3.05, 3.63) is 0 Å². The molecule has 0 atom stereocenters. The van der Waals surface area contributed by atoms with Crippen LogP contribution >= 0.6 is 0 Å². The van der Waals surface area contributed by atoms with Gasteiger partial charge in [-0.25, -0.2) is 0 Å². The summed E-state index contributed by atoms with van der Waals surface area (Å²) in [6.07, 6.45) is 3.62. The lowest BCUT2D eigenvalue weighted by Crippen LogP contribution is -2.34. The molecule has 0 unspecified atom stereocenters. The van der Waals surface area contributed by atoms with Crippen molar-refractivity contribution in [2.24, 2.45) is 11.1 Å². The van der Waals surface area contributed by atoms with Crippen LogP contribution in [0.4, 0.5) is 0 Å². The molecule has 0 fully saturated rings. The van der Waals surface area contributed by atoms with E-state index in [0.717, 1.165) is 19.5 Å². The maximum absolute atomic E-state index is 5.62. The highest BCUT2D eigenvalue weighted by Crippen LogP contribution is 2.30. The SMILES string of the molecule is CCC(CC)(CCN)CN(C)C. The summed E-state index contributed by atoms with van der Waals surface area (Å²) in [6, 6.07) is 0. The zero-order valence-electron chi connectivity index (χ0n) is 9.06. The van der Waals surface area contributed by atoms with Gasteiger partial charge in [0.2, 0.25) is 0 Å². The molecule has 12 heavy (non-hydrogen) atoms. The van der Waals surface area contributed by atoms with E-state index in [0.29, 0.717) is 5.41 Å². The van der Waals surface area contributed by atoms with Gasteiger partial charge < -0.3 is 10.6 Å². The highest BCUT2D eigenvalue weighted by molar-refractivity contribution is 4.79. The van der Waals surface area contributed by atoms with Crippen molar-refractivity contribution < 1.29 is 0 Å². The van der Waals surface area contributed by atoms with Crippen molar-refractivity contribution in [2.75, 3.05) is 27.2 Å². The Morgan fingerprint density at radius 3 is 1.92 bits per heavy atom.